The lowest BCUT2D eigenvalue weighted by molar-refractivity contribution is 0.0377. The second-order valence-electron chi connectivity index (χ2n) is 3.18. The molecule has 1 saturated heterocycles. The minimum atomic E-state index is 0.858. The topological polar surface area (TPSA) is 38.5 Å². The summed E-state index contributed by atoms with van der Waals surface area (Å²) < 4.78 is 10.3. The molecule has 0 atom stereocenters. The lowest BCUT2D eigenvalue weighted by Crippen LogP contribution is -2.37. The molecule has 1 aromatic heterocycles. The summed E-state index contributed by atoms with van der Waals surface area (Å²) >= 11 is 0. The average molecular weight is 182 g/mol. The highest BCUT2D eigenvalue weighted by molar-refractivity contribution is 4.93. The first-order valence-electron chi connectivity index (χ1n) is 4.65. The maximum Gasteiger partial charge on any atom is 0.137 e. The van der Waals surface area contributed by atoms with Gasteiger partial charge in [-0.25, -0.2) is 0 Å². The Morgan fingerprint density at radius 3 is 2.92 bits per heavy atom. The van der Waals surface area contributed by atoms with E-state index in [1.165, 1.54) is 0 Å². The molecular weight excluding hydrogens is 168 g/mol. The highest BCUT2D eigenvalue weighted by Gasteiger charge is 2.10. The van der Waals surface area contributed by atoms with Gasteiger partial charge in [0, 0.05) is 32.1 Å². The first-order chi connectivity index (χ1) is 6.45. The lowest BCUT2D eigenvalue weighted by atomic mass is 10.3. The monoisotopic (exact) mass is 182 g/mol. The van der Waals surface area contributed by atoms with Crippen LogP contribution in [0.3, 0.4) is 0 Å². The van der Waals surface area contributed by atoms with Crippen LogP contribution in [0.5, 0.6) is 0 Å². The SMILES string of the molecule is c1cc(CCN2CCOCC2)on1. The molecule has 0 radical (unpaired) electrons. The molecule has 0 bridgehead atoms. The molecule has 1 aliphatic heterocycles. The van der Waals surface area contributed by atoms with Crippen LogP contribution in [0.25, 0.3) is 0 Å². The van der Waals surface area contributed by atoms with Crippen LogP contribution in [0.1, 0.15) is 5.76 Å². The summed E-state index contributed by atoms with van der Waals surface area (Å²) in [5, 5.41) is 3.67. The molecule has 1 aromatic rings. The predicted octanol–water partition coefficient (Wildman–Crippen LogP) is 0.549. The Morgan fingerprint density at radius 1 is 1.38 bits per heavy atom. The summed E-state index contributed by atoms with van der Waals surface area (Å²) in [7, 11) is 0. The van der Waals surface area contributed by atoms with Gasteiger partial charge in [-0.2, -0.15) is 0 Å². The molecule has 72 valence electrons. The van der Waals surface area contributed by atoms with Crippen molar-refractivity contribution in [2.24, 2.45) is 0 Å². The summed E-state index contributed by atoms with van der Waals surface area (Å²) in [5.41, 5.74) is 0. The predicted molar refractivity (Wildman–Crippen MR) is 47.5 cm³/mol. The van der Waals surface area contributed by atoms with Crippen LogP contribution in [0, 0.1) is 0 Å². The Balaban J connectivity index is 1.72. The van der Waals surface area contributed by atoms with Gasteiger partial charge in [-0.15, -0.1) is 0 Å². The second kappa shape index (κ2) is 4.39. The number of aromatic nitrogens is 1. The quantitative estimate of drug-likeness (QED) is 0.684. The van der Waals surface area contributed by atoms with Crippen molar-refractivity contribution in [3.05, 3.63) is 18.0 Å². The Kier molecular flexibility index (Phi) is 2.94. The van der Waals surface area contributed by atoms with Gasteiger partial charge in [0.05, 0.1) is 19.4 Å². The van der Waals surface area contributed by atoms with Gasteiger partial charge in [-0.05, 0) is 0 Å². The minimum Gasteiger partial charge on any atom is -0.379 e. The molecule has 0 aliphatic carbocycles. The summed E-state index contributed by atoms with van der Waals surface area (Å²) in [6, 6.07) is 1.92. The molecule has 0 N–H and O–H groups in total. The Hall–Kier alpha value is -0.870. The maximum absolute atomic E-state index is 5.26. The van der Waals surface area contributed by atoms with E-state index in [2.05, 4.69) is 10.1 Å². The molecular formula is C9H14N2O2. The zero-order chi connectivity index (χ0) is 8.93. The van der Waals surface area contributed by atoms with Gasteiger partial charge in [0.25, 0.3) is 0 Å². The number of hydrogen-bond acceptors (Lipinski definition) is 4. The van der Waals surface area contributed by atoms with Crippen LogP contribution < -0.4 is 0 Å². The maximum atomic E-state index is 5.26. The lowest BCUT2D eigenvalue weighted by Gasteiger charge is -2.25. The minimum absolute atomic E-state index is 0.858. The Bertz CT molecular complexity index is 230. The Labute approximate surface area is 77.5 Å². The molecule has 0 aromatic carbocycles. The van der Waals surface area contributed by atoms with E-state index in [1.54, 1.807) is 6.20 Å². The Morgan fingerprint density at radius 2 is 2.23 bits per heavy atom. The number of ether oxygens (including phenoxy) is 1. The van der Waals surface area contributed by atoms with Crippen LogP contribution in [0.2, 0.25) is 0 Å². The molecule has 0 spiro atoms. The van der Waals surface area contributed by atoms with Gasteiger partial charge < -0.3 is 9.26 Å². The van der Waals surface area contributed by atoms with Crippen molar-refractivity contribution in [2.45, 2.75) is 6.42 Å². The average Bonchev–Trinajstić information content (AvgIpc) is 2.69. The van der Waals surface area contributed by atoms with Crippen molar-refractivity contribution in [2.75, 3.05) is 32.8 Å². The van der Waals surface area contributed by atoms with E-state index in [0.717, 1.165) is 45.0 Å². The fraction of sp³-hybridized carbons (Fsp3) is 0.667. The molecule has 2 rings (SSSR count). The number of nitrogens with zero attached hydrogens (tertiary/aromatic N) is 2. The summed E-state index contributed by atoms with van der Waals surface area (Å²) in [4.78, 5) is 2.38. The van der Waals surface area contributed by atoms with Crippen LogP contribution in [-0.2, 0) is 11.2 Å². The molecule has 4 nitrogen and oxygen atoms in total. The third kappa shape index (κ3) is 2.54. The zero-order valence-corrected chi connectivity index (χ0v) is 7.61. The van der Waals surface area contributed by atoms with Crippen molar-refractivity contribution in [1.29, 1.82) is 0 Å². The molecule has 2 heterocycles. The van der Waals surface area contributed by atoms with Crippen LogP contribution in [0.15, 0.2) is 16.8 Å². The van der Waals surface area contributed by atoms with Crippen LogP contribution >= 0.6 is 0 Å². The standard InChI is InChI=1S/C9H14N2O2/c1-3-10-13-9(1)2-4-11-5-7-12-8-6-11/h1,3H,2,4-8H2. The fourth-order valence-electron chi connectivity index (χ4n) is 1.46. The van der Waals surface area contributed by atoms with Gasteiger partial charge in [0.15, 0.2) is 0 Å². The first kappa shape index (κ1) is 8.72. The fourth-order valence-corrected chi connectivity index (χ4v) is 1.46. The van der Waals surface area contributed by atoms with E-state index in [1.807, 2.05) is 6.07 Å². The molecule has 1 aliphatic rings. The summed E-state index contributed by atoms with van der Waals surface area (Å²) in [5.74, 6) is 0.964. The van der Waals surface area contributed by atoms with E-state index < -0.39 is 0 Å². The largest absolute Gasteiger partial charge is 0.379 e. The summed E-state index contributed by atoms with van der Waals surface area (Å²) in [6.45, 7) is 4.83. The third-order valence-electron chi connectivity index (χ3n) is 2.27. The van der Waals surface area contributed by atoms with E-state index in [-0.39, 0.29) is 0 Å². The first-order valence-corrected chi connectivity index (χ1v) is 4.65. The van der Waals surface area contributed by atoms with Crippen molar-refractivity contribution in [3.63, 3.8) is 0 Å². The van der Waals surface area contributed by atoms with Crippen molar-refractivity contribution < 1.29 is 9.26 Å². The van der Waals surface area contributed by atoms with E-state index in [0.29, 0.717) is 0 Å². The number of rotatable bonds is 3. The molecule has 4 heteroatoms. The van der Waals surface area contributed by atoms with Gasteiger partial charge in [-0.1, -0.05) is 5.16 Å². The summed E-state index contributed by atoms with van der Waals surface area (Å²) in [6.07, 6.45) is 2.63. The third-order valence-corrected chi connectivity index (χ3v) is 2.27. The number of hydrogen-bond donors (Lipinski definition) is 0. The van der Waals surface area contributed by atoms with Gasteiger partial charge in [0.2, 0.25) is 0 Å². The van der Waals surface area contributed by atoms with Gasteiger partial charge >= 0.3 is 0 Å². The molecule has 0 unspecified atom stereocenters. The van der Waals surface area contributed by atoms with Crippen LogP contribution in [-0.4, -0.2) is 42.9 Å². The molecule has 0 saturated carbocycles. The van der Waals surface area contributed by atoms with Crippen molar-refractivity contribution >= 4 is 0 Å². The van der Waals surface area contributed by atoms with Crippen molar-refractivity contribution in [3.8, 4) is 0 Å². The highest BCUT2D eigenvalue weighted by atomic mass is 16.5. The van der Waals surface area contributed by atoms with Crippen LogP contribution in [0.4, 0.5) is 0 Å². The van der Waals surface area contributed by atoms with Gasteiger partial charge in [0.1, 0.15) is 5.76 Å². The highest BCUT2D eigenvalue weighted by Crippen LogP contribution is 2.02. The zero-order valence-electron chi connectivity index (χ0n) is 7.61. The van der Waals surface area contributed by atoms with E-state index in [4.69, 9.17) is 9.26 Å². The smallest absolute Gasteiger partial charge is 0.137 e. The molecule has 13 heavy (non-hydrogen) atoms. The second-order valence-corrected chi connectivity index (χ2v) is 3.18. The van der Waals surface area contributed by atoms with Crippen molar-refractivity contribution in [1.82, 2.24) is 10.1 Å². The van der Waals surface area contributed by atoms with E-state index >= 15 is 0 Å². The normalized spacial score (nSPS) is 19.1. The molecule has 1 fully saturated rings. The number of morpholine rings is 1. The van der Waals surface area contributed by atoms with E-state index in [9.17, 15) is 0 Å². The molecule has 0 amide bonds. The van der Waals surface area contributed by atoms with Gasteiger partial charge in [-0.3, -0.25) is 4.90 Å².